The average Bonchev–Trinajstić information content (AvgIpc) is 2.42. The van der Waals surface area contributed by atoms with Crippen LogP contribution in [0.4, 0.5) is 11.4 Å². The van der Waals surface area contributed by atoms with Crippen LogP contribution in [0.5, 0.6) is 0 Å². The smallest absolute Gasteiger partial charge is 0.255 e. The van der Waals surface area contributed by atoms with Gasteiger partial charge in [-0.3, -0.25) is 9.78 Å². The van der Waals surface area contributed by atoms with Crippen molar-refractivity contribution in [1.29, 1.82) is 0 Å². The van der Waals surface area contributed by atoms with Gasteiger partial charge in [-0.05, 0) is 56.7 Å². The molecule has 0 bridgehead atoms. The molecule has 0 atom stereocenters. The number of carbonyl (C=O) groups is 1. The van der Waals surface area contributed by atoms with Crippen molar-refractivity contribution in [3.05, 3.63) is 53.3 Å². The maximum absolute atomic E-state index is 12.3. The third kappa shape index (κ3) is 3.15. The van der Waals surface area contributed by atoms with Crippen LogP contribution >= 0.6 is 0 Å². The fourth-order valence-electron chi connectivity index (χ4n) is 2.04. The summed E-state index contributed by atoms with van der Waals surface area (Å²) >= 11 is 0. The molecular formula is C16H19N3O. The molecule has 0 spiro atoms. The molecule has 0 aliphatic carbocycles. The Morgan fingerprint density at radius 2 is 2.05 bits per heavy atom. The van der Waals surface area contributed by atoms with E-state index in [-0.39, 0.29) is 5.91 Å². The van der Waals surface area contributed by atoms with Crippen LogP contribution in [0, 0.1) is 13.8 Å². The fraction of sp³-hybridized carbons (Fsp3) is 0.250. The highest BCUT2D eigenvalue weighted by Crippen LogP contribution is 2.18. The van der Waals surface area contributed by atoms with Crippen molar-refractivity contribution in [3.63, 3.8) is 0 Å². The molecular weight excluding hydrogens is 250 g/mol. The summed E-state index contributed by atoms with van der Waals surface area (Å²) in [6.07, 6.45) is 1.71. The van der Waals surface area contributed by atoms with Gasteiger partial charge in [-0.2, -0.15) is 0 Å². The van der Waals surface area contributed by atoms with Gasteiger partial charge in [0, 0.05) is 24.0 Å². The Kier molecular flexibility index (Phi) is 4.35. The van der Waals surface area contributed by atoms with Gasteiger partial charge in [0.05, 0.1) is 11.4 Å². The quantitative estimate of drug-likeness (QED) is 0.894. The number of pyridine rings is 1. The molecule has 4 heteroatoms. The molecule has 0 unspecified atom stereocenters. The van der Waals surface area contributed by atoms with E-state index in [0.717, 1.165) is 29.2 Å². The molecule has 0 fully saturated rings. The Balaban J connectivity index is 2.19. The number of aromatic nitrogens is 1. The number of carbonyl (C=O) groups excluding carboxylic acids is 1. The van der Waals surface area contributed by atoms with E-state index in [1.54, 1.807) is 6.20 Å². The predicted molar refractivity (Wildman–Crippen MR) is 82.3 cm³/mol. The molecule has 0 saturated carbocycles. The Morgan fingerprint density at radius 1 is 1.25 bits per heavy atom. The highest BCUT2D eigenvalue weighted by molar-refractivity contribution is 6.05. The molecule has 0 aliphatic heterocycles. The SMILES string of the molecule is CCNc1ccc(C(=O)Nc2cccnc2C)c(C)c1. The Morgan fingerprint density at radius 3 is 2.70 bits per heavy atom. The van der Waals surface area contributed by atoms with Gasteiger partial charge in [-0.15, -0.1) is 0 Å². The van der Waals surface area contributed by atoms with Crippen molar-refractivity contribution in [2.75, 3.05) is 17.2 Å². The van der Waals surface area contributed by atoms with Crippen molar-refractivity contribution in [2.45, 2.75) is 20.8 Å². The molecule has 0 saturated heterocycles. The number of aryl methyl sites for hydroxylation is 2. The van der Waals surface area contributed by atoms with Crippen LogP contribution in [0.2, 0.25) is 0 Å². The number of anilines is 2. The molecule has 0 aliphatic rings. The largest absolute Gasteiger partial charge is 0.385 e. The molecule has 1 heterocycles. The van der Waals surface area contributed by atoms with Gasteiger partial charge in [0.1, 0.15) is 0 Å². The summed E-state index contributed by atoms with van der Waals surface area (Å²) in [6.45, 7) is 6.71. The minimum absolute atomic E-state index is 0.110. The first-order valence-corrected chi connectivity index (χ1v) is 6.69. The van der Waals surface area contributed by atoms with Gasteiger partial charge in [-0.1, -0.05) is 0 Å². The van der Waals surface area contributed by atoms with Gasteiger partial charge in [-0.25, -0.2) is 0 Å². The third-order valence-corrected chi connectivity index (χ3v) is 3.11. The highest BCUT2D eigenvalue weighted by atomic mass is 16.1. The second-order valence-corrected chi connectivity index (χ2v) is 4.65. The van der Waals surface area contributed by atoms with E-state index in [2.05, 4.69) is 15.6 Å². The molecule has 0 radical (unpaired) electrons. The predicted octanol–water partition coefficient (Wildman–Crippen LogP) is 3.38. The monoisotopic (exact) mass is 269 g/mol. The van der Waals surface area contributed by atoms with Gasteiger partial charge in [0.25, 0.3) is 5.91 Å². The van der Waals surface area contributed by atoms with Gasteiger partial charge in [0.15, 0.2) is 0 Å². The first-order chi connectivity index (χ1) is 9.61. The van der Waals surface area contributed by atoms with Crippen LogP contribution in [0.1, 0.15) is 28.5 Å². The molecule has 1 aromatic carbocycles. The average molecular weight is 269 g/mol. The Hall–Kier alpha value is -2.36. The Bertz CT molecular complexity index is 623. The van der Waals surface area contributed by atoms with E-state index in [4.69, 9.17) is 0 Å². The van der Waals surface area contributed by atoms with Gasteiger partial charge in [0.2, 0.25) is 0 Å². The van der Waals surface area contributed by atoms with E-state index in [0.29, 0.717) is 5.56 Å². The lowest BCUT2D eigenvalue weighted by atomic mass is 10.1. The molecule has 4 nitrogen and oxygen atoms in total. The summed E-state index contributed by atoms with van der Waals surface area (Å²) < 4.78 is 0. The van der Waals surface area contributed by atoms with E-state index in [1.165, 1.54) is 0 Å². The van der Waals surface area contributed by atoms with Crippen LogP contribution < -0.4 is 10.6 Å². The van der Waals surface area contributed by atoms with Gasteiger partial charge >= 0.3 is 0 Å². The molecule has 20 heavy (non-hydrogen) atoms. The van der Waals surface area contributed by atoms with Crippen molar-refractivity contribution in [3.8, 4) is 0 Å². The van der Waals surface area contributed by atoms with E-state index in [1.807, 2.05) is 51.1 Å². The number of hydrogen-bond donors (Lipinski definition) is 2. The summed E-state index contributed by atoms with van der Waals surface area (Å²) in [5.74, 6) is -0.110. The van der Waals surface area contributed by atoms with Gasteiger partial charge < -0.3 is 10.6 Å². The van der Waals surface area contributed by atoms with Crippen LogP contribution in [0.15, 0.2) is 36.5 Å². The minimum Gasteiger partial charge on any atom is -0.385 e. The fourth-order valence-corrected chi connectivity index (χ4v) is 2.04. The van der Waals surface area contributed by atoms with E-state index in [9.17, 15) is 4.79 Å². The zero-order chi connectivity index (χ0) is 14.5. The number of benzene rings is 1. The first-order valence-electron chi connectivity index (χ1n) is 6.69. The second kappa shape index (κ2) is 6.19. The second-order valence-electron chi connectivity index (χ2n) is 4.65. The number of hydrogen-bond acceptors (Lipinski definition) is 3. The minimum atomic E-state index is -0.110. The lowest BCUT2D eigenvalue weighted by Gasteiger charge is -2.11. The lowest BCUT2D eigenvalue weighted by molar-refractivity contribution is 0.102. The normalized spacial score (nSPS) is 10.2. The van der Waals surface area contributed by atoms with E-state index < -0.39 is 0 Å². The van der Waals surface area contributed by atoms with Crippen molar-refractivity contribution in [1.82, 2.24) is 4.98 Å². The summed E-state index contributed by atoms with van der Waals surface area (Å²) in [6, 6.07) is 9.40. The molecule has 104 valence electrons. The van der Waals surface area contributed by atoms with Crippen LogP contribution in [-0.2, 0) is 0 Å². The molecule has 1 aromatic heterocycles. The van der Waals surface area contributed by atoms with E-state index >= 15 is 0 Å². The summed E-state index contributed by atoms with van der Waals surface area (Å²) in [7, 11) is 0. The Labute approximate surface area is 119 Å². The molecule has 2 rings (SSSR count). The first kappa shape index (κ1) is 14.1. The maximum Gasteiger partial charge on any atom is 0.255 e. The van der Waals surface area contributed by atoms with Crippen molar-refractivity contribution >= 4 is 17.3 Å². The highest BCUT2D eigenvalue weighted by Gasteiger charge is 2.11. The summed E-state index contributed by atoms with van der Waals surface area (Å²) in [4.78, 5) is 16.5. The van der Waals surface area contributed by atoms with Crippen LogP contribution in [-0.4, -0.2) is 17.4 Å². The third-order valence-electron chi connectivity index (χ3n) is 3.11. The van der Waals surface area contributed by atoms with Crippen molar-refractivity contribution < 1.29 is 4.79 Å². The molecule has 2 aromatic rings. The molecule has 2 N–H and O–H groups in total. The maximum atomic E-state index is 12.3. The number of amides is 1. The van der Waals surface area contributed by atoms with Crippen molar-refractivity contribution in [2.24, 2.45) is 0 Å². The zero-order valence-corrected chi connectivity index (χ0v) is 12.0. The lowest BCUT2D eigenvalue weighted by Crippen LogP contribution is -2.14. The topological polar surface area (TPSA) is 54.0 Å². The van der Waals surface area contributed by atoms with Crippen LogP contribution in [0.25, 0.3) is 0 Å². The zero-order valence-electron chi connectivity index (χ0n) is 12.0. The number of nitrogens with one attached hydrogen (secondary N) is 2. The van der Waals surface area contributed by atoms with Crippen LogP contribution in [0.3, 0.4) is 0 Å². The summed E-state index contributed by atoms with van der Waals surface area (Å²) in [5, 5.41) is 6.13. The number of rotatable bonds is 4. The molecule has 1 amide bonds. The number of nitrogens with zero attached hydrogens (tertiary/aromatic N) is 1. The standard InChI is InChI=1S/C16H19N3O/c1-4-17-13-7-8-14(11(2)10-13)16(20)19-15-6-5-9-18-12(15)3/h5-10,17H,4H2,1-3H3,(H,19,20). The summed E-state index contributed by atoms with van der Waals surface area (Å²) in [5.41, 5.74) is 4.20.